The predicted molar refractivity (Wildman–Crippen MR) is 54.0 cm³/mol. The van der Waals surface area contributed by atoms with Gasteiger partial charge < -0.3 is 10.4 Å². The zero-order chi connectivity index (χ0) is 10.1. The van der Waals surface area contributed by atoms with E-state index in [0.29, 0.717) is 6.42 Å². The molecule has 0 radical (unpaired) electrons. The van der Waals surface area contributed by atoms with Crippen LogP contribution in [0.1, 0.15) is 17.9 Å². The molecule has 1 aliphatic rings. The second-order valence-corrected chi connectivity index (χ2v) is 3.58. The van der Waals surface area contributed by atoms with E-state index in [4.69, 9.17) is 5.11 Å². The standard InChI is InChI=1S/C11H12FNO/c1-7(14)4-8-6-13-11-3-2-9(12)5-10(8)11/h2-3,5,8,13-14H,1,4,6H2. The van der Waals surface area contributed by atoms with Gasteiger partial charge in [0.1, 0.15) is 5.82 Å². The summed E-state index contributed by atoms with van der Waals surface area (Å²) < 4.78 is 13.0. The minimum Gasteiger partial charge on any atom is -0.513 e. The number of rotatable bonds is 2. The fourth-order valence-electron chi connectivity index (χ4n) is 1.84. The zero-order valence-corrected chi connectivity index (χ0v) is 7.76. The highest BCUT2D eigenvalue weighted by Gasteiger charge is 2.22. The van der Waals surface area contributed by atoms with Crippen molar-refractivity contribution < 1.29 is 9.50 Å². The molecule has 0 fully saturated rings. The number of fused-ring (bicyclic) bond motifs is 1. The molecule has 0 aromatic heterocycles. The number of allylic oxidation sites excluding steroid dienone is 1. The molecule has 2 N–H and O–H groups in total. The average Bonchev–Trinajstić information content (AvgIpc) is 2.47. The fraction of sp³-hybridized carbons (Fsp3) is 0.273. The molecule has 0 aliphatic carbocycles. The molecule has 1 atom stereocenters. The highest BCUT2D eigenvalue weighted by molar-refractivity contribution is 5.57. The summed E-state index contributed by atoms with van der Waals surface area (Å²) in [6, 6.07) is 4.68. The fourth-order valence-corrected chi connectivity index (χ4v) is 1.84. The van der Waals surface area contributed by atoms with Gasteiger partial charge in [0.25, 0.3) is 0 Å². The van der Waals surface area contributed by atoms with Gasteiger partial charge in [-0.1, -0.05) is 6.58 Å². The van der Waals surface area contributed by atoms with Gasteiger partial charge in [-0.15, -0.1) is 0 Å². The molecule has 2 nitrogen and oxygen atoms in total. The number of aliphatic hydroxyl groups is 1. The Labute approximate surface area is 82.1 Å². The van der Waals surface area contributed by atoms with Gasteiger partial charge in [-0.05, 0) is 23.8 Å². The lowest BCUT2D eigenvalue weighted by molar-refractivity contribution is 0.380. The molecule has 2 rings (SSSR count). The Morgan fingerprint density at radius 3 is 3.14 bits per heavy atom. The monoisotopic (exact) mass is 193 g/mol. The van der Waals surface area contributed by atoms with Crippen molar-refractivity contribution in [2.75, 3.05) is 11.9 Å². The van der Waals surface area contributed by atoms with Crippen molar-refractivity contribution in [1.82, 2.24) is 0 Å². The molecule has 1 aromatic carbocycles. The van der Waals surface area contributed by atoms with Crippen LogP contribution in [-0.4, -0.2) is 11.7 Å². The average molecular weight is 193 g/mol. The third-order valence-electron chi connectivity index (χ3n) is 2.47. The molecule has 1 aromatic rings. The summed E-state index contributed by atoms with van der Waals surface area (Å²) >= 11 is 0. The van der Waals surface area contributed by atoms with Gasteiger partial charge in [-0.2, -0.15) is 0 Å². The van der Waals surface area contributed by atoms with Crippen LogP contribution in [0.25, 0.3) is 0 Å². The Hall–Kier alpha value is -1.51. The first-order valence-corrected chi connectivity index (χ1v) is 4.57. The molecule has 0 amide bonds. The smallest absolute Gasteiger partial charge is 0.123 e. The second-order valence-electron chi connectivity index (χ2n) is 3.58. The SMILES string of the molecule is C=C(O)CC1CNc2ccc(F)cc21. The molecule has 74 valence electrons. The first-order valence-electron chi connectivity index (χ1n) is 4.57. The zero-order valence-electron chi connectivity index (χ0n) is 7.76. The maximum absolute atomic E-state index is 13.0. The molecule has 3 heteroatoms. The molecule has 1 aliphatic heterocycles. The van der Waals surface area contributed by atoms with Crippen LogP contribution in [0.2, 0.25) is 0 Å². The summed E-state index contributed by atoms with van der Waals surface area (Å²) in [6.45, 7) is 4.18. The van der Waals surface area contributed by atoms with Crippen molar-refractivity contribution in [2.45, 2.75) is 12.3 Å². The van der Waals surface area contributed by atoms with Gasteiger partial charge in [-0.25, -0.2) is 4.39 Å². The molecule has 1 unspecified atom stereocenters. The summed E-state index contributed by atoms with van der Waals surface area (Å²) in [5.74, 6) is 0.0492. The highest BCUT2D eigenvalue weighted by Crippen LogP contribution is 2.34. The molecule has 0 bridgehead atoms. The van der Waals surface area contributed by atoms with Crippen LogP contribution in [0.3, 0.4) is 0 Å². The normalized spacial score (nSPS) is 18.8. The van der Waals surface area contributed by atoms with E-state index in [1.807, 2.05) is 0 Å². The number of halogens is 1. The van der Waals surface area contributed by atoms with E-state index in [-0.39, 0.29) is 17.5 Å². The third kappa shape index (κ3) is 1.58. The molecular weight excluding hydrogens is 181 g/mol. The Balaban J connectivity index is 2.28. The number of nitrogens with one attached hydrogen (secondary N) is 1. The summed E-state index contributed by atoms with van der Waals surface area (Å²) in [6.07, 6.45) is 0.490. The van der Waals surface area contributed by atoms with Crippen molar-refractivity contribution in [3.8, 4) is 0 Å². The number of hydrogen-bond acceptors (Lipinski definition) is 2. The largest absolute Gasteiger partial charge is 0.513 e. The quantitative estimate of drug-likeness (QED) is 0.708. The van der Waals surface area contributed by atoms with Crippen molar-refractivity contribution in [3.05, 3.63) is 41.9 Å². The molecule has 0 saturated heterocycles. The van der Waals surface area contributed by atoms with Crippen LogP contribution in [-0.2, 0) is 0 Å². The Bertz CT molecular complexity index is 376. The third-order valence-corrected chi connectivity index (χ3v) is 2.47. The summed E-state index contributed by atoms with van der Waals surface area (Å²) in [5, 5.41) is 12.3. The summed E-state index contributed by atoms with van der Waals surface area (Å²) in [4.78, 5) is 0. The van der Waals surface area contributed by atoms with Crippen LogP contribution in [0.15, 0.2) is 30.5 Å². The first-order chi connectivity index (χ1) is 6.66. The van der Waals surface area contributed by atoms with E-state index < -0.39 is 0 Å². The van der Waals surface area contributed by atoms with E-state index >= 15 is 0 Å². The molecular formula is C11H12FNO. The minimum absolute atomic E-state index is 0.137. The lowest BCUT2D eigenvalue weighted by atomic mass is 9.97. The summed E-state index contributed by atoms with van der Waals surface area (Å²) in [5.41, 5.74) is 1.89. The minimum atomic E-state index is -0.235. The van der Waals surface area contributed by atoms with Gasteiger partial charge in [0.15, 0.2) is 0 Å². The van der Waals surface area contributed by atoms with Gasteiger partial charge in [0.05, 0.1) is 5.76 Å². The molecule has 0 spiro atoms. The van der Waals surface area contributed by atoms with E-state index in [9.17, 15) is 4.39 Å². The van der Waals surface area contributed by atoms with E-state index in [1.165, 1.54) is 12.1 Å². The maximum atomic E-state index is 13.0. The maximum Gasteiger partial charge on any atom is 0.123 e. The number of benzene rings is 1. The van der Waals surface area contributed by atoms with Gasteiger partial charge in [0.2, 0.25) is 0 Å². The van der Waals surface area contributed by atoms with E-state index in [2.05, 4.69) is 11.9 Å². The van der Waals surface area contributed by atoms with Crippen LogP contribution < -0.4 is 5.32 Å². The Morgan fingerprint density at radius 1 is 1.64 bits per heavy atom. The van der Waals surface area contributed by atoms with Crippen LogP contribution in [0.4, 0.5) is 10.1 Å². The predicted octanol–water partition coefficient (Wildman–Crippen LogP) is 2.80. The topological polar surface area (TPSA) is 32.3 Å². The van der Waals surface area contributed by atoms with Gasteiger partial charge in [0, 0.05) is 24.6 Å². The van der Waals surface area contributed by atoms with E-state index in [0.717, 1.165) is 17.8 Å². The molecule has 1 heterocycles. The van der Waals surface area contributed by atoms with Crippen molar-refractivity contribution in [2.24, 2.45) is 0 Å². The van der Waals surface area contributed by atoms with Crippen molar-refractivity contribution >= 4 is 5.69 Å². The number of aliphatic hydroxyl groups excluding tert-OH is 1. The number of anilines is 1. The van der Waals surface area contributed by atoms with Crippen molar-refractivity contribution in [3.63, 3.8) is 0 Å². The van der Waals surface area contributed by atoms with Crippen LogP contribution >= 0.6 is 0 Å². The highest BCUT2D eigenvalue weighted by atomic mass is 19.1. The van der Waals surface area contributed by atoms with Crippen LogP contribution in [0, 0.1) is 5.82 Å². The van der Waals surface area contributed by atoms with Gasteiger partial charge >= 0.3 is 0 Å². The van der Waals surface area contributed by atoms with Crippen LogP contribution in [0.5, 0.6) is 0 Å². The lowest BCUT2D eigenvalue weighted by Gasteiger charge is -2.08. The van der Waals surface area contributed by atoms with E-state index in [1.54, 1.807) is 6.07 Å². The number of hydrogen-bond donors (Lipinski definition) is 2. The summed E-state index contributed by atoms with van der Waals surface area (Å²) in [7, 11) is 0. The molecule has 0 saturated carbocycles. The molecule has 14 heavy (non-hydrogen) atoms. The second kappa shape index (κ2) is 3.33. The van der Waals surface area contributed by atoms with Crippen molar-refractivity contribution in [1.29, 1.82) is 0 Å². The lowest BCUT2D eigenvalue weighted by Crippen LogP contribution is -2.02. The Morgan fingerprint density at radius 2 is 2.43 bits per heavy atom. The first kappa shape index (κ1) is 9.06. The Kier molecular flexibility index (Phi) is 2.15. The van der Waals surface area contributed by atoms with Gasteiger partial charge in [-0.3, -0.25) is 0 Å².